The van der Waals surface area contributed by atoms with Gasteiger partial charge in [-0.2, -0.15) is 8.78 Å². The van der Waals surface area contributed by atoms with E-state index in [-0.39, 0.29) is 23.3 Å². The van der Waals surface area contributed by atoms with Gasteiger partial charge in [0.1, 0.15) is 12.3 Å². The third-order valence-corrected chi connectivity index (χ3v) is 4.28. The zero-order chi connectivity index (χ0) is 18.0. The molecule has 0 aromatic heterocycles. The van der Waals surface area contributed by atoms with Crippen LogP contribution >= 0.6 is 0 Å². The Bertz CT molecular complexity index is 709. The lowest BCUT2D eigenvalue weighted by Crippen LogP contribution is -2.38. The molecule has 3 rings (SSSR count). The molecule has 1 aliphatic heterocycles. The van der Waals surface area contributed by atoms with E-state index in [4.69, 9.17) is 0 Å². The van der Waals surface area contributed by atoms with Crippen LogP contribution in [0.25, 0.3) is 0 Å². The van der Waals surface area contributed by atoms with Crippen LogP contribution in [0.3, 0.4) is 0 Å². The highest BCUT2D eigenvalue weighted by Gasteiger charge is 2.47. The van der Waals surface area contributed by atoms with Gasteiger partial charge in [-0.1, -0.05) is 24.3 Å². The smallest absolute Gasteiger partial charge is 0.387 e. The quantitative estimate of drug-likeness (QED) is 0.652. The lowest BCUT2D eigenvalue weighted by atomic mass is 9.85. The van der Waals surface area contributed by atoms with Crippen molar-refractivity contribution in [2.24, 2.45) is 11.8 Å². The van der Waals surface area contributed by atoms with Crippen molar-refractivity contribution >= 4 is 23.4 Å². The number of rotatable bonds is 5. The number of halogens is 2. The summed E-state index contributed by atoms with van der Waals surface area (Å²) in [6.07, 6.45) is 4.68. The lowest BCUT2D eigenvalue weighted by molar-refractivity contribution is -0.142. The van der Waals surface area contributed by atoms with Gasteiger partial charge in [-0.15, -0.1) is 0 Å². The fourth-order valence-corrected chi connectivity index (χ4v) is 3.13. The number of nitrogens with one attached hydrogen (secondary N) is 1. The predicted octanol–water partition coefficient (Wildman–Crippen LogP) is 2.18. The van der Waals surface area contributed by atoms with Crippen molar-refractivity contribution < 1.29 is 27.9 Å². The molecule has 3 amide bonds. The Balaban J connectivity index is 1.67. The van der Waals surface area contributed by atoms with E-state index in [1.807, 2.05) is 12.2 Å². The normalized spacial score (nSPS) is 22.3. The first-order valence-corrected chi connectivity index (χ1v) is 7.81. The third kappa shape index (κ3) is 3.52. The average molecular weight is 350 g/mol. The Morgan fingerprint density at radius 3 is 2.36 bits per heavy atom. The maximum atomic E-state index is 12.4. The van der Waals surface area contributed by atoms with E-state index in [1.165, 1.54) is 18.2 Å². The van der Waals surface area contributed by atoms with Crippen molar-refractivity contribution in [2.45, 2.75) is 19.5 Å². The average Bonchev–Trinajstić information content (AvgIpc) is 2.82. The van der Waals surface area contributed by atoms with E-state index in [9.17, 15) is 23.2 Å². The van der Waals surface area contributed by atoms with Gasteiger partial charge in [0.2, 0.25) is 17.7 Å². The molecule has 1 fully saturated rings. The van der Waals surface area contributed by atoms with Crippen LogP contribution in [0.5, 0.6) is 5.75 Å². The van der Waals surface area contributed by atoms with Gasteiger partial charge in [0.15, 0.2) is 0 Å². The fourth-order valence-electron chi connectivity index (χ4n) is 3.13. The number of nitrogens with zero attached hydrogens (tertiary/aromatic N) is 1. The number of ether oxygens (including phenoxy) is 1. The Labute approximate surface area is 142 Å². The summed E-state index contributed by atoms with van der Waals surface area (Å²) in [6, 6.07) is 5.71. The van der Waals surface area contributed by atoms with Crippen LogP contribution in [0.4, 0.5) is 14.5 Å². The molecule has 0 unspecified atom stereocenters. The molecule has 2 aliphatic rings. The molecule has 132 valence electrons. The minimum absolute atomic E-state index is 0.0472. The van der Waals surface area contributed by atoms with Crippen LogP contribution in [0, 0.1) is 11.8 Å². The highest BCUT2D eigenvalue weighted by Crippen LogP contribution is 2.35. The van der Waals surface area contributed by atoms with Crippen LogP contribution in [-0.4, -0.2) is 35.8 Å². The lowest BCUT2D eigenvalue weighted by Gasteiger charge is -2.16. The maximum absolute atomic E-state index is 12.4. The molecule has 6 nitrogen and oxygen atoms in total. The Morgan fingerprint density at radius 2 is 1.76 bits per heavy atom. The summed E-state index contributed by atoms with van der Waals surface area (Å²) in [5, 5.41) is 2.41. The highest BCUT2D eigenvalue weighted by molar-refractivity contribution is 6.09. The van der Waals surface area contributed by atoms with E-state index in [2.05, 4.69) is 10.1 Å². The number of para-hydroxylation sites is 2. The van der Waals surface area contributed by atoms with E-state index >= 15 is 0 Å². The van der Waals surface area contributed by atoms with Crippen molar-refractivity contribution in [3.63, 3.8) is 0 Å². The minimum atomic E-state index is -3.03. The van der Waals surface area contributed by atoms with Crippen LogP contribution < -0.4 is 10.1 Å². The van der Waals surface area contributed by atoms with Gasteiger partial charge in [0, 0.05) is 0 Å². The van der Waals surface area contributed by atoms with Gasteiger partial charge in [-0.05, 0) is 25.0 Å². The second kappa shape index (κ2) is 7.00. The molecule has 1 N–H and O–H groups in total. The number of carbonyl (C=O) groups excluding carboxylic acids is 3. The molecular formula is C17H16F2N2O4. The fraction of sp³-hybridized carbons (Fsp3) is 0.353. The SMILES string of the molecule is O=C(CN1C(=O)[C@H]2CC=CC[C@@H]2C1=O)Nc1ccccc1OC(F)F. The molecule has 0 spiro atoms. The summed E-state index contributed by atoms with van der Waals surface area (Å²) in [4.78, 5) is 37.8. The van der Waals surface area contributed by atoms with Crippen LogP contribution in [0.15, 0.2) is 36.4 Å². The first-order chi connectivity index (χ1) is 12.0. The van der Waals surface area contributed by atoms with E-state index in [0.29, 0.717) is 12.8 Å². The van der Waals surface area contributed by atoms with E-state index < -0.39 is 30.9 Å². The van der Waals surface area contributed by atoms with Gasteiger partial charge < -0.3 is 10.1 Å². The van der Waals surface area contributed by atoms with Gasteiger partial charge in [0.05, 0.1) is 17.5 Å². The summed E-state index contributed by atoms with van der Waals surface area (Å²) < 4.78 is 29.1. The number of imide groups is 1. The van der Waals surface area contributed by atoms with Crippen molar-refractivity contribution in [1.29, 1.82) is 0 Å². The molecule has 0 saturated carbocycles. The van der Waals surface area contributed by atoms with E-state index in [0.717, 1.165) is 4.90 Å². The van der Waals surface area contributed by atoms with Crippen LogP contribution in [0.2, 0.25) is 0 Å². The first kappa shape index (κ1) is 17.1. The Hall–Kier alpha value is -2.77. The zero-order valence-corrected chi connectivity index (χ0v) is 13.2. The molecule has 1 heterocycles. The number of anilines is 1. The molecule has 2 atom stereocenters. The second-order valence-electron chi connectivity index (χ2n) is 5.84. The molecule has 0 radical (unpaired) electrons. The number of carbonyl (C=O) groups is 3. The summed E-state index contributed by atoms with van der Waals surface area (Å²) in [6.45, 7) is -3.48. The number of benzene rings is 1. The zero-order valence-electron chi connectivity index (χ0n) is 13.2. The molecule has 1 saturated heterocycles. The largest absolute Gasteiger partial charge is 0.433 e. The van der Waals surface area contributed by atoms with Crippen LogP contribution in [-0.2, 0) is 14.4 Å². The molecule has 1 aliphatic carbocycles. The van der Waals surface area contributed by atoms with E-state index in [1.54, 1.807) is 6.07 Å². The number of allylic oxidation sites excluding steroid dienone is 2. The first-order valence-electron chi connectivity index (χ1n) is 7.81. The maximum Gasteiger partial charge on any atom is 0.387 e. The van der Waals surface area contributed by atoms with Gasteiger partial charge in [-0.3, -0.25) is 19.3 Å². The predicted molar refractivity (Wildman–Crippen MR) is 83.8 cm³/mol. The second-order valence-corrected chi connectivity index (χ2v) is 5.84. The summed E-state index contributed by atoms with van der Waals surface area (Å²) in [5.41, 5.74) is 0.0472. The molecule has 1 aromatic carbocycles. The van der Waals surface area contributed by atoms with Crippen molar-refractivity contribution in [1.82, 2.24) is 4.90 Å². The summed E-state index contributed by atoms with van der Waals surface area (Å²) in [7, 11) is 0. The van der Waals surface area contributed by atoms with Crippen LogP contribution in [0.1, 0.15) is 12.8 Å². The summed E-state index contributed by atoms with van der Waals surface area (Å²) >= 11 is 0. The number of amides is 3. The van der Waals surface area contributed by atoms with Crippen molar-refractivity contribution in [3.05, 3.63) is 36.4 Å². The Morgan fingerprint density at radius 1 is 1.16 bits per heavy atom. The Kier molecular flexibility index (Phi) is 4.78. The third-order valence-electron chi connectivity index (χ3n) is 4.28. The number of likely N-dealkylation sites (tertiary alicyclic amines) is 1. The molecule has 25 heavy (non-hydrogen) atoms. The standard InChI is InChI=1S/C17H16F2N2O4/c18-17(19)25-13-8-4-3-7-12(13)20-14(22)9-21-15(23)10-5-1-2-6-11(10)16(21)24/h1-4,7-8,10-11,17H,5-6,9H2,(H,20,22)/t10-,11-/m0/s1. The minimum Gasteiger partial charge on any atom is -0.433 e. The number of fused-ring (bicyclic) bond motifs is 1. The van der Waals surface area contributed by atoms with Crippen molar-refractivity contribution in [3.8, 4) is 5.75 Å². The van der Waals surface area contributed by atoms with Gasteiger partial charge >= 0.3 is 6.61 Å². The van der Waals surface area contributed by atoms with Gasteiger partial charge in [0.25, 0.3) is 0 Å². The molecule has 1 aromatic rings. The topological polar surface area (TPSA) is 75.7 Å². The van der Waals surface area contributed by atoms with Gasteiger partial charge in [-0.25, -0.2) is 0 Å². The number of hydrogen-bond acceptors (Lipinski definition) is 4. The highest BCUT2D eigenvalue weighted by atomic mass is 19.3. The number of alkyl halides is 2. The molecular weight excluding hydrogens is 334 g/mol. The van der Waals surface area contributed by atoms with Crippen molar-refractivity contribution in [2.75, 3.05) is 11.9 Å². The summed E-state index contributed by atoms with van der Waals surface area (Å²) in [5.74, 6) is -2.42. The molecule has 8 heteroatoms. The number of hydrogen-bond donors (Lipinski definition) is 1. The molecule has 0 bridgehead atoms. The monoisotopic (exact) mass is 350 g/mol.